The van der Waals surface area contributed by atoms with Crippen LogP contribution >= 0.6 is 0 Å². The molecule has 1 unspecified atom stereocenters. The number of hydrogen-bond acceptors (Lipinski definition) is 2. The van der Waals surface area contributed by atoms with Crippen molar-refractivity contribution in [2.75, 3.05) is 6.54 Å². The van der Waals surface area contributed by atoms with Gasteiger partial charge in [0.15, 0.2) is 0 Å². The van der Waals surface area contributed by atoms with Crippen molar-refractivity contribution in [3.8, 4) is 0 Å². The molecular weight excluding hydrogens is 136 g/mol. The van der Waals surface area contributed by atoms with Crippen molar-refractivity contribution in [1.82, 2.24) is 10.3 Å². The zero-order chi connectivity index (χ0) is 7.52. The van der Waals surface area contributed by atoms with Crippen LogP contribution in [0.3, 0.4) is 0 Å². The molecule has 1 aliphatic heterocycles. The maximum Gasteiger partial charge on any atom is 0.0490 e. The molecule has 1 aliphatic rings. The standard InChI is InChI=1S/C9H10N2/c1-2-5-11-9(3-1)8-4-6-10-7-8/h1-6,8,10H,7H2. The summed E-state index contributed by atoms with van der Waals surface area (Å²) in [7, 11) is 0. The van der Waals surface area contributed by atoms with Crippen molar-refractivity contribution in [3.63, 3.8) is 0 Å². The Balaban J connectivity index is 2.23. The highest BCUT2D eigenvalue weighted by atomic mass is 14.9. The van der Waals surface area contributed by atoms with E-state index in [1.54, 1.807) is 0 Å². The van der Waals surface area contributed by atoms with Crippen molar-refractivity contribution < 1.29 is 0 Å². The Hall–Kier alpha value is -1.31. The van der Waals surface area contributed by atoms with Crippen LogP contribution in [0.5, 0.6) is 0 Å². The zero-order valence-corrected chi connectivity index (χ0v) is 6.20. The first-order valence-electron chi connectivity index (χ1n) is 3.78. The van der Waals surface area contributed by atoms with Crippen LogP contribution in [0.4, 0.5) is 0 Å². The molecule has 1 aromatic rings. The first-order chi connectivity index (χ1) is 5.47. The van der Waals surface area contributed by atoms with Gasteiger partial charge in [0.25, 0.3) is 0 Å². The minimum atomic E-state index is 0.469. The third kappa shape index (κ3) is 1.24. The molecule has 56 valence electrons. The van der Waals surface area contributed by atoms with Gasteiger partial charge >= 0.3 is 0 Å². The minimum absolute atomic E-state index is 0.469. The molecule has 0 bridgehead atoms. The SMILES string of the molecule is C1=CC(c2ccccn2)CN1. The number of aromatic nitrogens is 1. The number of nitrogens with one attached hydrogen (secondary N) is 1. The van der Waals surface area contributed by atoms with Gasteiger partial charge in [0, 0.05) is 24.4 Å². The van der Waals surface area contributed by atoms with Crippen LogP contribution in [-0.2, 0) is 0 Å². The molecule has 0 spiro atoms. The first-order valence-corrected chi connectivity index (χ1v) is 3.78. The normalized spacial score (nSPS) is 21.6. The Morgan fingerprint density at radius 3 is 3.09 bits per heavy atom. The Morgan fingerprint density at radius 1 is 1.45 bits per heavy atom. The molecule has 1 N–H and O–H groups in total. The van der Waals surface area contributed by atoms with Crippen LogP contribution in [-0.4, -0.2) is 11.5 Å². The van der Waals surface area contributed by atoms with Gasteiger partial charge in [0.2, 0.25) is 0 Å². The number of pyridine rings is 1. The highest BCUT2D eigenvalue weighted by Crippen LogP contribution is 2.15. The molecule has 1 aromatic heterocycles. The summed E-state index contributed by atoms with van der Waals surface area (Å²) in [5, 5.41) is 3.15. The maximum atomic E-state index is 4.27. The van der Waals surface area contributed by atoms with E-state index in [2.05, 4.69) is 22.4 Å². The van der Waals surface area contributed by atoms with Gasteiger partial charge in [-0.1, -0.05) is 12.1 Å². The molecule has 2 heterocycles. The van der Waals surface area contributed by atoms with E-state index in [0.717, 1.165) is 12.2 Å². The predicted molar refractivity (Wildman–Crippen MR) is 44.1 cm³/mol. The molecule has 0 aromatic carbocycles. The summed E-state index contributed by atoms with van der Waals surface area (Å²) in [4.78, 5) is 4.27. The summed E-state index contributed by atoms with van der Waals surface area (Å²) in [5.74, 6) is 0.469. The van der Waals surface area contributed by atoms with E-state index in [1.165, 1.54) is 0 Å². The molecule has 1 atom stereocenters. The lowest BCUT2D eigenvalue weighted by atomic mass is 10.1. The second kappa shape index (κ2) is 2.74. The predicted octanol–water partition coefficient (Wildman–Crippen LogP) is 1.28. The molecule has 0 fully saturated rings. The molecule has 0 amide bonds. The fourth-order valence-corrected chi connectivity index (χ4v) is 1.25. The second-order valence-corrected chi connectivity index (χ2v) is 2.63. The van der Waals surface area contributed by atoms with E-state index in [9.17, 15) is 0 Å². The summed E-state index contributed by atoms with van der Waals surface area (Å²) in [6.45, 7) is 0.983. The quantitative estimate of drug-likeness (QED) is 0.645. The molecule has 0 saturated heterocycles. The van der Waals surface area contributed by atoms with Crippen molar-refractivity contribution in [1.29, 1.82) is 0 Å². The molecular formula is C9H10N2. The van der Waals surface area contributed by atoms with Crippen molar-refractivity contribution >= 4 is 0 Å². The van der Waals surface area contributed by atoms with E-state index in [-0.39, 0.29) is 0 Å². The molecule has 0 saturated carbocycles. The first kappa shape index (κ1) is 6.40. The lowest BCUT2D eigenvalue weighted by Crippen LogP contribution is -2.08. The van der Waals surface area contributed by atoms with Crippen LogP contribution in [0.2, 0.25) is 0 Å². The van der Waals surface area contributed by atoms with Crippen LogP contribution in [0, 0.1) is 0 Å². The van der Waals surface area contributed by atoms with E-state index >= 15 is 0 Å². The van der Waals surface area contributed by atoms with Gasteiger partial charge < -0.3 is 5.32 Å². The summed E-state index contributed by atoms with van der Waals surface area (Å²) in [5.41, 5.74) is 1.15. The van der Waals surface area contributed by atoms with Gasteiger partial charge in [-0.05, 0) is 18.3 Å². The molecule has 11 heavy (non-hydrogen) atoms. The van der Waals surface area contributed by atoms with Crippen molar-refractivity contribution in [2.24, 2.45) is 0 Å². The van der Waals surface area contributed by atoms with E-state index in [1.807, 2.05) is 24.5 Å². The monoisotopic (exact) mass is 146 g/mol. The molecule has 0 aliphatic carbocycles. The van der Waals surface area contributed by atoms with E-state index in [4.69, 9.17) is 0 Å². The van der Waals surface area contributed by atoms with Gasteiger partial charge in [0.1, 0.15) is 0 Å². The number of nitrogens with zero attached hydrogens (tertiary/aromatic N) is 1. The third-order valence-electron chi connectivity index (χ3n) is 1.85. The topological polar surface area (TPSA) is 24.9 Å². The highest BCUT2D eigenvalue weighted by Gasteiger charge is 2.10. The average molecular weight is 146 g/mol. The van der Waals surface area contributed by atoms with Crippen LogP contribution in [0.1, 0.15) is 11.6 Å². The van der Waals surface area contributed by atoms with Crippen LogP contribution < -0.4 is 5.32 Å². The Kier molecular flexibility index (Phi) is 1.60. The van der Waals surface area contributed by atoms with Crippen LogP contribution in [0.15, 0.2) is 36.7 Å². The number of hydrogen-bond donors (Lipinski definition) is 1. The zero-order valence-electron chi connectivity index (χ0n) is 6.20. The summed E-state index contributed by atoms with van der Waals surface area (Å²) >= 11 is 0. The fourth-order valence-electron chi connectivity index (χ4n) is 1.25. The lowest BCUT2D eigenvalue weighted by Gasteiger charge is -2.04. The minimum Gasteiger partial charge on any atom is -0.390 e. The number of rotatable bonds is 1. The third-order valence-corrected chi connectivity index (χ3v) is 1.85. The molecule has 2 nitrogen and oxygen atoms in total. The van der Waals surface area contributed by atoms with Crippen molar-refractivity contribution in [3.05, 3.63) is 42.4 Å². The fraction of sp³-hybridized carbons (Fsp3) is 0.222. The average Bonchev–Trinajstić information content (AvgIpc) is 2.58. The van der Waals surface area contributed by atoms with E-state index < -0.39 is 0 Å². The largest absolute Gasteiger partial charge is 0.390 e. The summed E-state index contributed by atoms with van der Waals surface area (Å²) in [6, 6.07) is 6.02. The van der Waals surface area contributed by atoms with Gasteiger partial charge in [-0.2, -0.15) is 0 Å². The molecule has 0 radical (unpaired) electrons. The second-order valence-electron chi connectivity index (χ2n) is 2.63. The van der Waals surface area contributed by atoms with Gasteiger partial charge in [-0.15, -0.1) is 0 Å². The maximum absolute atomic E-state index is 4.27. The van der Waals surface area contributed by atoms with Gasteiger partial charge in [-0.3, -0.25) is 4.98 Å². The summed E-state index contributed by atoms with van der Waals surface area (Å²) in [6.07, 6.45) is 5.96. The van der Waals surface area contributed by atoms with Gasteiger partial charge in [0.05, 0.1) is 0 Å². The Morgan fingerprint density at radius 2 is 2.45 bits per heavy atom. The van der Waals surface area contributed by atoms with E-state index in [0.29, 0.717) is 5.92 Å². The highest BCUT2D eigenvalue weighted by molar-refractivity contribution is 5.18. The van der Waals surface area contributed by atoms with Crippen molar-refractivity contribution in [2.45, 2.75) is 5.92 Å². The molecule has 2 rings (SSSR count). The van der Waals surface area contributed by atoms with Crippen LogP contribution in [0.25, 0.3) is 0 Å². The van der Waals surface area contributed by atoms with Gasteiger partial charge in [-0.25, -0.2) is 0 Å². The Labute approximate surface area is 66.0 Å². The molecule has 2 heteroatoms. The smallest absolute Gasteiger partial charge is 0.0490 e. The summed E-state index contributed by atoms with van der Waals surface area (Å²) < 4.78 is 0. The lowest BCUT2D eigenvalue weighted by molar-refractivity contribution is 0.788. The Bertz CT molecular complexity index is 254.